The third kappa shape index (κ3) is 5.14. The number of fused-ring (bicyclic) bond motifs is 1. The number of aryl methyl sites for hydroxylation is 1. The van der Waals surface area contributed by atoms with Gasteiger partial charge in [-0.2, -0.15) is 0 Å². The molecule has 0 saturated carbocycles. The fourth-order valence-electron chi connectivity index (χ4n) is 4.07. The zero-order valence-corrected chi connectivity index (χ0v) is 20.3. The van der Waals surface area contributed by atoms with Gasteiger partial charge in [-0.15, -0.1) is 0 Å². The third-order valence-electron chi connectivity index (χ3n) is 5.85. The summed E-state index contributed by atoms with van der Waals surface area (Å²) < 4.78 is 16.3. The van der Waals surface area contributed by atoms with Gasteiger partial charge in [0.15, 0.2) is 11.5 Å². The van der Waals surface area contributed by atoms with E-state index in [-0.39, 0.29) is 18.0 Å². The Bertz CT molecular complexity index is 1390. The summed E-state index contributed by atoms with van der Waals surface area (Å²) in [5.74, 6) is 0.904. The van der Waals surface area contributed by atoms with Crippen molar-refractivity contribution in [2.75, 3.05) is 21.3 Å². The number of pyridine rings is 1. The van der Waals surface area contributed by atoms with E-state index in [1.807, 2.05) is 61.5 Å². The van der Waals surface area contributed by atoms with E-state index < -0.39 is 0 Å². The second-order valence-corrected chi connectivity index (χ2v) is 8.28. The van der Waals surface area contributed by atoms with Gasteiger partial charge in [0.1, 0.15) is 0 Å². The average Bonchev–Trinajstić information content (AvgIpc) is 2.88. The molecule has 3 aromatic carbocycles. The Hall–Kier alpha value is -4.26. The van der Waals surface area contributed by atoms with Gasteiger partial charge >= 0.3 is 0 Å². The van der Waals surface area contributed by atoms with Crippen molar-refractivity contribution in [3.8, 4) is 17.2 Å². The third-order valence-corrected chi connectivity index (χ3v) is 5.85. The molecule has 35 heavy (non-hydrogen) atoms. The highest BCUT2D eigenvalue weighted by Crippen LogP contribution is 2.38. The average molecular weight is 473 g/mol. The molecule has 1 aromatic heterocycles. The smallest absolute Gasteiger partial charge is 0.254 e. The van der Waals surface area contributed by atoms with Crippen molar-refractivity contribution in [1.82, 2.24) is 9.88 Å². The van der Waals surface area contributed by atoms with Gasteiger partial charge in [-0.05, 0) is 47.7 Å². The number of hydrogen-bond acceptors (Lipinski definition) is 5. The highest BCUT2D eigenvalue weighted by atomic mass is 16.5. The van der Waals surface area contributed by atoms with Crippen LogP contribution in [0.2, 0.25) is 0 Å². The number of benzene rings is 3. The van der Waals surface area contributed by atoms with Crippen LogP contribution in [0.25, 0.3) is 10.9 Å². The highest BCUT2D eigenvalue weighted by Gasteiger charge is 2.23. The zero-order chi connectivity index (χ0) is 24.9. The summed E-state index contributed by atoms with van der Waals surface area (Å²) in [4.78, 5) is 31.3. The highest BCUT2D eigenvalue weighted by molar-refractivity contribution is 5.95. The van der Waals surface area contributed by atoms with Gasteiger partial charge < -0.3 is 24.1 Å². The molecule has 1 heterocycles. The lowest BCUT2D eigenvalue weighted by molar-refractivity contribution is 0.0728. The lowest BCUT2D eigenvalue weighted by atomic mass is 10.1. The molecule has 0 aliphatic heterocycles. The minimum absolute atomic E-state index is 0.129. The normalized spacial score (nSPS) is 10.7. The van der Waals surface area contributed by atoms with Gasteiger partial charge in [-0.1, -0.05) is 42.5 Å². The number of aromatic amines is 1. The minimum Gasteiger partial charge on any atom is -0.493 e. The molecule has 4 aromatic rings. The molecule has 0 atom stereocenters. The number of nitrogens with one attached hydrogen (secondary N) is 1. The van der Waals surface area contributed by atoms with Crippen LogP contribution >= 0.6 is 0 Å². The Balaban J connectivity index is 1.76. The van der Waals surface area contributed by atoms with E-state index in [4.69, 9.17) is 14.2 Å². The van der Waals surface area contributed by atoms with Crippen molar-refractivity contribution in [2.45, 2.75) is 20.0 Å². The monoisotopic (exact) mass is 472 g/mol. The molecule has 0 unspecified atom stereocenters. The molecule has 180 valence electrons. The summed E-state index contributed by atoms with van der Waals surface area (Å²) in [6, 6.07) is 20.6. The van der Waals surface area contributed by atoms with Crippen LogP contribution in [0.1, 0.15) is 27.0 Å². The summed E-state index contributed by atoms with van der Waals surface area (Å²) in [7, 11) is 4.52. The number of ether oxygens (including phenoxy) is 3. The summed E-state index contributed by atoms with van der Waals surface area (Å²) in [5, 5.41) is 0.907. The van der Waals surface area contributed by atoms with Crippen LogP contribution < -0.4 is 19.8 Å². The van der Waals surface area contributed by atoms with Crippen molar-refractivity contribution in [1.29, 1.82) is 0 Å². The predicted molar refractivity (Wildman–Crippen MR) is 135 cm³/mol. The molecule has 1 amide bonds. The van der Waals surface area contributed by atoms with E-state index in [1.165, 1.54) is 21.3 Å². The maximum Gasteiger partial charge on any atom is 0.254 e. The van der Waals surface area contributed by atoms with E-state index in [2.05, 4.69) is 4.98 Å². The molecule has 0 fully saturated rings. The first-order valence-electron chi connectivity index (χ1n) is 11.2. The number of H-pyrrole nitrogens is 1. The Morgan fingerprint density at radius 1 is 0.857 bits per heavy atom. The van der Waals surface area contributed by atoms with Gasteiger partial charge in [-0.25, -0.2) is 0 Å². The number of carbonyl (C=O) groups excluding carboxylic acids is 1. The molecule has 0 radical (unpaired) electrons. The SMILES string of the molecule is COc1cc(C(=O)N(Cc2ccccc2)Cc2cc3ccc(C)cc3[nH]c2=O)cc(OC)c1OC. The summed E-state index contributed by atoms with van der Waals surface area (Å²) in [6.45, 7) is 2.43. The van der Waals surface area contributed by atoms with E-state index >= 15 is 0 Å². The van der Waals surface area contributed by atoms with Crippen LogP contribution in [0.15, 0.2) is 71.5 Å². The Kier molecular flexibility index (Phi) is 7.06. The summed E-state index contributed by atoms with van der Waals surface area (Å²) in [6.07, 6.45) is 0. The van der Waals surface area contributed by atoms with Crippen molar-refractivity contribution >= 4 is 16.8 Å². The Labute approximate surface area is 203 Å². The van der Waals surface area contributed by atoms with E-state index in [0.29, 0.717) is 34.9 Å². The fraction of sp³-hybridized carbons (Fsp3) is 0.214. The molecule has 4 rings (SSSR count). The molecule has 0 aliphatic rings. The van der Waals surface area contributed by atoms with Crippen LogP contribution in [0, 0.1) is 6.92 Å². The molecule has 1 N–H and O–H groups in total. The van der Waals surface area contributed by atoms with Crippen LogP contribution in [0.5, 0.6) is 17.2 Å². The fourth-order valence-corrected chi connectivity index (χ4v) is 4.07. The Morgan fingerprint density at radius 3 is 2.17 bits per heavy atom. The topological polar surface area (TPSA) is 80.9 Å². The summed E-state index contributed by atoms with van der Waals surface area (Å²) >= 11 is 0. The van der Waals surface area contributed by atoms with Crippen molar-refractivity contribution in [3.63, 3.8) is 0 Å². The van der Waals surface area contributed by atoms with Crippen molar-refractivity contribution in [3.05, 3.63) is 99.3 Å². The number of carbonyl (C=O) groups is 1. The van der Waals surface area contributed by atoms with Crippen LogP contribution in [-0.4, -0.2) is 37.1 Å². The second-order valence-electron chi connectivity index (χ2n) is 8.28. The largest absolute Gasteiger partial charge is 0.493 e. The van der Waals surface area contributed by atoms with Gasteiger partial charge in [0.25, 0.3) is 11.5 Å². The minimum atomic E-state index is -0.267. The first-order chi connectivity index (χ1) is 16.9. The van der Waals surface area contributed by atoms with E-state index in [9.17, 15) is 9.59 Å². The van der Waals surface area contributed by atoms with Gasteiger partial charge in [0, 0.05) is 23.2 Å². The molecule has 7 heteroatoms. The maximum atomic E-state index is 13.8. The molecule has 0 aliphatic carbocycles. The standard InChI is InChI=1S/C28H28N2O5/c1-18-10-11-20-13-22(27(31)29-23(20)12-18)17-30(16-19-8-6-5-7-9-19)28(32)21-14-24(33-2)26(35-4)25(15-21)34-3/h5-15H,16-17H2,1-4H3,(H,29,31). The lowest BCUT2D eigenvalue weighted by Crippen LogP contribution is -2.32. The molecule has 0 spiro atoms. The first-order valence-corrected chi connectivity index (χ1v) is 11.2. The number of hydrogen-bond donors (Lipinski definition) is 1. The van der Waals surface area contributed by atoms with Crippen LogP contribution in [0.4, 0.5) is 0 Å². The second kappa shape index (κ2) is 10.3. The van der Waals surface area contributed by atoms with E-state index in [1.54, 1.807) is 17.0 Å². The van der Waals surface area contributed by atoms with Gasteiger partial charge in [0.2, 0.25) is 5.75 Å². The Morgan fingerprint density at radius 2 is 1.54 bits per heavy atom. The van der Waals surface area contributed by atoms with Gasteiger partial charge in [0.05, 0.1) is 27.9 Å². The zero-order valence-electron chi connectivity index (χ0n) is 20.3. The molecular weight excluding hydrogens is 444 g/mol. The predicted octanol–water partition coefficient (Wildman–Crippen LogP) is 4.70. The van der Waals surface area contributed by atoms with E-state index in [0.717, 1.165) is 22.0 Å². The first kappa shape index (κ1) is 23.9. The van der Waals surface area contributed by atoms with Crippen molar-refractivity contribution in [2.24, 2.45) is 0 Å². The van der Waals surface area contributed by atoms with Crippen LogP contribution in [0.3, 0.4) is 0 Å². The van der Waals surface area contributed by atoms with Crippen LogP contribution in [-0.2, 0) is 13.1 Å². The number of nitrogens with zero attached hydrogens (tertiary/aromatic N) is 1. The number of amides is 1. The number of methoxy groups -OCH3 is 3. The molecule has 0 bridgehead atoms. The lowest BCUT2D eigenvalue weighted by Gasteiger charge is -2.24. The van der Waals surface area contributed by atoms with Crippen molar-refractivity contribution < 1.29 is 19.0 Å². The maximum absolute atomic E-state index is 13.8. The summed E-state index contributed by atoms with van der Waals surface area (Å²) in [5.41, 5.74) is 3.41. The van der Waals surface area contributed by atoms with Gasteiger partial charge in [-0.3, -0.25) is 9.59 Å². The molecule has 7 nitrogen and oxygen atoms in total. The molecule has 0 saturated heterocycles. The number of aromatic nitrogens is 1. The number of rotatable bonds is 8. The molecular formula is C28H28N2O5. The quantitative estimate of drug-likeness (QED) is 0.402.